The number of esters is 1. The van der Waals surface area contributed by atoms with Crippen LogP contribution in [0.25, 0.3) is 0 Å². The van der Waals surface area contributed by atoms with E-state index in [1.807, 2.05) is 20.8 Å². The predicted molar refractivity (Wildman–Crippen MR) is 71.9 cm³/mol. The van der Waals surface area contributed by atoms with Crippen molar-refractivity contribution in [3.8, 4) is 0 Å². The number of hydrogen-bond acceptors (Lipinski definition) is 4. The standard InChI is InChI=1S/C14H26O5/c1-5-7-14(12(15)16,13(17)19-6-2)8-9-18-10-11(3)4/h11H,5-10H2,1-4H3,(H,15,16). The molecule has 0 aliphatic carbocycles. The molecule has 0 aromatic carbocycles. The lowest BCUT2D eigenvalue weighted by Gasteiger charge is -2.26. The molecule has 0 spiro atoms. The van der Waals surface area contributed by atoms with Crippen molar-refractivity contribution in [2.45, 2.75) is 47.0 Å². The molecule has 0 aliphatic rings. The largest absolute Gasteiger partial charge is 0.480 e. The Morgan fingerprint density at radius 2 is 1.84 bits per heavy atom. The highest BCUT2D eigenvalue weighted by Crippen LogP contribution is 2.31. The van der Waals surface area contributed by atoms with Crippen LogP contribution in [0.1, 0.15) is 47.0 Å². The number of carboxylic acids is 1. The van der Waals surface area contributed by atoms with Gasteiger partial charge in [-0.25, -0.2) is 0 Å². The minimum Gasteiger partial charge on any atom is -0.480 e. The van der Waals surface area contributed by atoms with Crippen LogP contribution < -0.4 is 0 Å². The van der Waals surface area contributed by atoms with E-state index in [1.54, 1.807) is 6.92 Å². The third-order valence-corrected chi connectivity index (χ3v) is 2.88. The topological polar surface area (TPSA) is 72.8 Å². The SMILES string of the molecule is CCCC(CCOCC(C)C)(C(=O)O)C(=O)OCC. The second kappa shape index (κ2) is 8.91. The molecular weight excluding hydrogens is 248 g/mol. The van der Waals surface area contributed by atoms with E-state index in [4.69, 9.17) is 9.47 Å². The van der Waals surface area contributed by atoms with Crippen molar-refractivity contribution in [3.05, 3.63) is 0 Å². The highest BCUT2D eigenvalue weighted by atomic mass is 16.5. The highest BCUT2D eigenvalue weighted by Gasteiger charge is 2.46. The molecular formula is C14H26O5. The minimum atomic E-state index is -1.47. The molecule has 0 radical (unpaired) electrons. The monoisotopic (exact) mass is 274 g/mol. The molecule has 0 aromatic rings. The molecule has 1 atom stereocenters. The van der Waals surface area contributed by atoms with E-state index in [-0.39, 0.29) is 26.1 Å². The number of rotatable bonds is 10. The zero-order valence-corrected chi connectivity index (χ0v) is 12.4. The Bertz CT molecular complexity index is 288. The van der Waals surface area contributed by atoms with Crippen molar-refractivity contribution in [2.24, 2.45) is 11.3 Å². The summed E-state index contributed by atoms with van der Waals surface area (Å²) in [4.78, 5) is 23.5. The van der Waals surface area contributed by atoms with Gasteiger partial charge in [0.2, 0.25) is 0 Å². The van der Waals surface area contributed by atoms with Gasteiger partial charge in [-0.3, -0.25) is 9.59 Å². The summed E-state index contributed by atoms with van der Waals surface area (Å²) in [5.41, 5.74) is -1.47. The average Bonchev–Trinajstić information content (AvgIpc) is 2.32. The number of carbonyl (C=O) groups excluding carboxylic acids is 1. The van der Waals surface area contributed by atoms with Crippen molar-refractivity contribution < 1.29 is 24.2 Å². The van der Waals surface area contributed by atoms with Crippen molar-refractivity contribution in [2.75, 3.05) is 19.8 Å². The van der Waals surface area contributed by atoms with Gasteiger partial charge in [0.1, 0.15) is 0 Å². The third-order valence-electron chi connectivity index (χ3n) is 2.88. The van der Waals surface area contributed by atoms with E-state index in [9.17, 15) is 14.7 Å². The number of carboxylic acid groups (broad SMARTS) is 1. The van der Waals surface area contributed by atoms with Gasteiger partial charge in [-0.05, 0) is 25.7 Å². The molecule has 1 N–H and O–H groups in total. The van der Waals surface area contributed by atoms with Crippen LogP contribution in [0.5, 0.6) is 0 Å². The van der Waals surface area contributed by atoms with E-state index >= 15 is 0 Å². The molecule has 19 heavy (non-hydrogen) atoms. The number of aliphatic carboxylic acids is 1. The quantitative estimate of drug-likeness (QED) is 0.376. The summed E-state index contributed by atoms with van der Waals surface area (Å²) in [6.07, 6.45) is 1.03. The Morgan fingerprint density at radius 3 is 2.26 bits per heavy atom. The summed E-state index contributed by atoms with van der Waals surface area (Å²) in [6.45, 7) is 8.56. The van der Waals surface area contributed by atoms with Gasteiger partial charge in [0.25, 0.3) is 0 Å². The molecule has 0 saturated heterocycles. The van der Waals surface area contributed by atoms with Gasteiger partial charge in [0.15, 0.2) is 5.41 Å². The van der Waals surface area contributed by atoms with Crippen LogP contribution in [-0.2, 0) is 19.1 Å². The Balaban J connectivity index is 4.72. The zero-order chi connectivity index (χ0) is 14.9. The fourth-order valence-electron chi connectivity index (χ4n) is 1.89. The Labute approximate surface area is 115 Å². The van der Waals surface area contributed by atoms with E-state index in [0.29, 0.717) is 18.9 Å². The molecule has 0 aromatic heterocycles. The normalized spacial score (nSPS) is 14.2. The molecule has 0 rings (SSSR count). The average molecular weight is 274 g/mol. The van der Waals surface area contributed by atoms with Crippen LogP contribution in [0.3, 0.4) is 0 Å². The van der Waals surface area contributed by atoms with Crippen molar-refractivity contribution in [3.63, 3.8) is 0 Å². The molecule has 0 bridgehead atoms. The first-order chi connectivity index (χ1) is 8.90. The maximum atomic E-state index is 12.0. The van der Waals surface area contributed by atoms with Crippen molar-refractivity contribution in [1.82, 2.24) is 0 Å². The van der Waals surface area contributed by atoms with Crippen LogP contribution in [0.2, 0.25) is 0 Å². The van der Waals surface area contributed by atoms with Crippen LogP contribution >= 0.6 is 0 Å². The van der Waals surface area contributed by atoms with Crippen LogP contribution in [0, 0.1) is 11.3 Å². The Morgan fingerprint density at radius 1 is 1.21 bits per heavy atom. The van der Waals surface area contributed by atoms with Crippen molar-refractivity contribution in [1.29, 1.82) is 0 Å². The molecule has 112 valence electrons. The zero-order valence-electron chi connectivity index (χ0n) is 12.4. The van der Waals surface area contributed by atoms with E-state index in [2.05, 4.69) is 0 Å². The van der Waals surface area contributed by atoms with Crippen LogP contribution in [0.4, 0.5) is 0 Å². The van der Waals surface area contributed by atoms with Gasteiger partial charge < -0.3 is 14.6 Å². The molecule has 0 fully saturated rings. The third kappa shape index (κ3) is 5.59. The molecule has 1 unspecified atom stereocenters. The summed E-state index contributed by atoms with van der Waals surface area (Å²) in [5.74, 6) is -1.40. The molecule has 0 heterocycles. The first kappa shape index (κ1) is 17.9. The molecule has 0 saturated carbocycles. The lowest BCUT2D eigenvalue weighted by atomic mass is 9.80. The number of hydrogen-bond donors (Lipinski definition) is 1. The predicted octanol–water partition coefficient (Wildman–Crippen LogP) is 2.48. The van der Waals surface area contributed by atoms with Gasteiger partial charge in [-0.2, -0.15) is 0 Å². The summed E-state index contributed by atoms with van der Waals surface area (Å²) in [7, 11) is 0. The Hall–Kier alpha value is -1.10. The van der Waals surface area contributed by atoms with E-state index in [0.717, 1.165) is 0 Å². The maximum absolute atomic E-state index is 12.0. The maximum Gasteiger partial charge on any atom is 0.323 e. The first-order valence-electron chi connectivity index (χ1n) is 6.89. The Kier molecular flexibility index (Phi) is 8.39. The van der Waals surface area contributed by atoms with Crippen LogP contribution in [0.15, 0.2) is 0 Å². The van der Waals surface area contributed by atoms with Gasteiger partial charge in [0.05, 0.1) is 6.61 Å². The summed E-state index contributed by atoms with van der Waals surface area (Å²) >= 11 is 0. The molecule has 0 amide bonds. The highest BCUT2D eigenvalue weighted by molar-refractivity contribution is 5.99. The van der Waals surface area contributed by atoms with Crippen molar-refractivity contribution >= 4 is 11.9 Å². The number of ether oxygens (including phenoxy) is 2. The fraction of sp³-hybridized carbons (Fsp3) is 0.857. The van der Waals surface area contributed by atoms with Gasteiger partial charge in [-0.15, -0.1) is 0 Å². The lowest BCUT2D eigenvalue weighted by molar-refractivity contribution is -0.171. The van der Waals surface area contributed by atoms with Gasteiger partial charge in [0, 0.05) is 13.2 Å². The molecule has 0 aliphatic heterocycles. The van der Waals surface area contributed by atoms with Gasteiger partial charge >= 0.3 is 11.9 Å². The lowest BCUT2D eigenvalue weighted by Crippen LogP contribution is -2.41. The molecule has 5 heteroatoms. The minimum absolute atomic E-state index is 0.154. The first-order valence-corrected chi connectivity index (χ1v) is 6.89. The van der Waals surface area contributed by atoms with Crippen LogP contribution in [-0.4, -0.2) is 36.9 Å². The van der Waals surface area contributed by atoms with E-state index in [1.165, 1.54) is 0 Å². The number of carbonyl (C=O) groups is 2. The van der Waals surface area contributed by atoms with Gasteiger partial charge in [-0.1, -0.05) is 27.2 Å². The second-order valence-electron chi connectivity index (χ2n) is 5.08. The fourth-order valence-corrected chi connectivity index (χ4v) is 1.89. The van der Waals surface area contributed by atoms with E-state index < -0.39 is 17.4 Å². The summed E-state index contributed by atoms with van der Waals surface area (Å²) < 4.78 is 10.3. The smallest absolute Gasteiger partial charge is 0.323 e. The second-order valence-corrected chi connectivity index (χ2v) is 5.08. The molecule has 5 nitrogen and oxygen atoms in total. The summed E-state index contributed by atoms with van der Waals surface area (Å²) in [6, 6.07) is 0. The summed E-state index contributed by atoms with van der Waals surface area (Å²) in [5, 5.41) is 9.40.